The first-order valence-corrected chi connectivity index (χ1v) is 17.1. The van der Waals surface area contributed by atoms with Gasteiger partial charge in [-0.25, -0.2) is 0 Å². The molecule has 1 fully saturated rings. The number of allylic oxidation sites excluding steroid dienone is 2. The van der Waals surface area contributed by atoms with Crippen molar-refractivity contribution in [3.63, 3.8) is 0 Å². The molecule has 1 rings (SSSR count). The van der Waals surface area contributed by atoms with E-state index in [1.54, 1.807) is 12.2 Å². The third kappa shape index (κ3) is 20.3. The van der Waals surface area contributed by atoms with Crippen LogP contribution in [0.25, 0.3) is 0 Å². The Morgan fingerprint density at radius 1 is 0.909 bits per heavy atom. The smallest absolute Gasteiger partial charge is 0.306 e. The van der Waals surface area contributed by atoms with Crippen LogP contribution in [0.4, 0.5) is 0 Å². The molecule has 0 radical (unpaired) electrons. The minimum absolute atomic E-state index is 0.133. The number of hydrogen-bond acceptors (Lipinski definition) is 9. The maximum Gasteiger partial charge on any atom is 0.306 e. The Morgan fingerprint density at radius 2 is 1.59 bits per heavy atom. The third-order valence-electron chi connectivity index (χ3n) is 7.97. The zero-order valence-electron chi connectivity index (χ0n) is 27.6. The Morgan fingerprint density at radius 3 is 2.30 bits per heavy atom. The quantitative estimate of drug-likeness (QED) is 0.0553. The number of hydrogen-bond donors (Lipinski definition) is 4. The summed E-state index contributed by atoms with van der Waals surface area (Å²) in [7, 11) is 0. The van der Waals surface area contributed by atoms with Gasteiger partial charge in [-0.2, -0.15) is 0 Å². The van der Waals surface area contributed by atoms with Gasteiger partial charge in [0.05, 0.1) is 24.9 Å². The van der Waals surface area contributed by atoms with Crippen LogP contribution in [0, 0.1) is 11.8 Å². The van der Waals surface area contributed by atoms with Gasteiger partial charge >= 0.3 is 11.9 Å². The molecule has 6 atom stereocenters. The molecule has 1 heterocycles. The molecule has 9 heteroatoms. The number of rotatable bonds is 25. The van der Waals surface area contributed by atoms with Gasteiger partial charge in [0.25, 0.3) is 0 Å². The van der Waals surface area contributed by atoms with Crippen molar-refractivity contribution in [2.75, 3.05) is 13.2 Å². The second-order valence-electron chi connectivity index (χ2n) is 12.6. The number of aliphatic hydroxyl groups excluding tert-OH is 4. The summed E-state index contributed by atoms with van der Waals surface area (Å²) in [5, 5.41) is 40.2. The van der Waals surface area contributed by atoms with E-state index >= 15 is 0 Å². The van der Waals surface area contributed by atoms with Gasteiger partial charge in [0.1, 0.15) is 6.61 Å². The van der Waals surface area contributed by atoms with Crippen molar-refractivity contribution in [3.8, 4) is 0 Å². The Labute approximate surface area is 266 Å². The summed E-state index contributed by atoms with van der Waals surface area (Å²) >= 11 is 0. The van der Waals surface area contributed by atoms with Crippen LogP contribution in [-0.2, 0) is 23.8 Å². The van der Waals surface area contributed by atoms with Gasteiger partial charge in [0.15, 0.2) is 12.4 Å². The lowest BCUT2D eigenvalue weighted by Crippen LogP contribution is -2.43. The molecular weight excluding hydrogens is 564 g/mol. The molecule has 0 saturated carbocycles. The molecule has 0 bridgehead atoms. The first-order chi connectivity index (χ1) is 21.2. The highest BCUT2D eigenvalue weighted by Gasteiger charge is 2.35. The maximum atomic E-state index is 12.2. The molecule has 0 aromatic carbocycles. The number of carbonyl (C=O) groups is 2. The number of unbranched alkanes of at least 4 members (excludes halogenated alkanes) is 8. The van der Waals surface area contributed by atoms with E-state index in [9.17, 15) is 30.0 Å². The van der Waals surface area contributed by atoms with E-state index in [0.717, 1.165) is 44.4 Å². The van der Waals surface area contributed by atoms with E-state index in [2.05, 4.69) is 20.8 Å². The van der Waals surface area contributed by atoms with Crippen LogP contribution in [0.1, 0.15) is 130 Å². The van der Waals surface area contributed by atoms with Crippen molar-refractivity contribution < 1.29 is 44.2 Å². The zero-order valence-corrected chi connectivity index (χ0v) is 27.6. The van der Waals surface area contributed by atoms with Crippen LogP contribution < -0.4 is 0 Å². The fourth-order valence-corrected chi connectivity index (χ4v) is 5.25. The molecule has 256 valence electrons. The summed E-state index contributed by atoms with van der Waals surface area (Å²) in [6, 6.07) is 0. The van der Waals surface area contributed by atoms with Gasteiger partial charge in [-0.15, -0.1) is 0 Å². The molecule has 0 amide bonds. The average molecular weight is 627 g/mol. The predicted molar refractivity (Wildman–Crippen MR) is 172 cm³/mol. The molecule has 4 N–H and O–H groups in total. The van der Waals surface area contributed by atoms with E-state index in [1.807, 2.05) is 12.2 Å². The summed E-state index contributed by atoms with van der Waals surface area (Å²) in [5.41, 5.74) is 0. The van der Waals surface area contributed by atoms with Gasteiger partial charge in [-0.1, -0.05) is 103 Å². The summed E-state index contributed by atoms with van der Waals surface area (Å²) in [5.74, 6) is -0.307. The molecule has 44 heavy (non-hydrogen) atoms. The minimum Gasteiger partial charge on any atom is -0.462 e. The predicted octanol–water partition coefficient (Wildman–Crippen LogP) is 5.91. The van der Waals surface area contributed by atoms with Crippen LogP contribution in [0.2, 0.25) is 0 Å². The third-order valence-corrected chi connectivity index (χ3v) is 7.97. The first-order valence-electron chi connectivity index (χ1n) is 17.1. The first kappa shape index (κ1) is 40.2. The molecule has 0 spiro atoms. The van der Waals surface area contributed by atoms with Gasteiger partial charge in [-0.3, -0.25) is 9.59 Å². The summed E-state index contributed by atoms with van der Waals surface area (Å²) in [6.07, 6.45) is 17.4. The largest absolute Gasteiger partial charge is 0.462 e. The fraction of sp³-hybridized carbons (Fsp3) is 0.829. The molecule has 1 unspecified atom stereocenters. The summed E-state index contributed by atoms with van der Waals surface area (Å²) in [6.45, 7) is 6.02. The van der Waals surface area contributed by atoms with Crippen LogP contribution >= 0.6 is 0 Å². The number of carbonyl (C=O) groups excluding carboxylic acids is 2. The lowest BCUT2D eigenvalue weighted by molar-refractivity contribution is -0.199. The minimum atomic E-state index is -1.05. The van der Waals surface area contributed by atoms with E-state index in [0.29, 0.717) is 32.1 Å². The van der Waals surface area contributed by atoms with Crippen molar-refractivity contribution in [2.45, 2.75) is 161 Å². The van der Waals surface area contributed by atoms with E-state index < -0.39 is 43.3 Å². The number of aliphatic hydroxyl groups is 4. The molecular formula is C35H62O9. The van der Waals surface area contributed by atoms with E-state index in [4.69, 9.17) is 14.2 Å². The highest BCUT2D eigenvalue weighted by molar-refractivity contribution is 5.70. The van der Waals surface area contributed by atoms with Crippen molar-refractivity contribution in [1.82, 2.24) is 0 Å². The Hall–Kier alpha value is -1.78. The van der Waals surface area contributed by atoms with Crippen molar-refractivity contribution in [3.05, 3.63) is 24.3 Å². The molecule has 0 aromatic rings. The highest BCUT2D eigenvalue weighted by Crippen LogP contribution is 2.29. The molecule has 1 aliphatic rings. The molecule has 0 aliphatic carbocycles. The molecule has 9 nitrogen and oxygen atoms in total. The Balaban J connectivity index is 2.27. The summed E-state index contributed by atoms with van der Waals surface area (Å²) in [4.78, 5) is 24.2. The lowest BCUT2D eigenvalue weighted by Gasteiger charge is -2.36. The zero-order chi connectivity index (χ0) is 32.6. The Kier molecular flexibility index (Phi) is 23.2. The van der Waals surface area contributed by atoms with E-state index in [-0.39, 0.29) is 31.3 Å². The highest BCUT2D eigenvalue weighted by atomic mass is 16.6. The monoisotopic (exact) mass is 626 g/mol. The lowest BCUT2D eigenvalue weighted by atomic mass is 9.87. The van der Waals surface area contributed by atoms with Crippen molar-refractivity contribution in [2.24, 2.45) is 11.8 Å². The van der Waals surface area contributed by atoms with Crippen LogP contribution in [0.3, 0.4) is 0 Å². The van der Waals surface area contributed by atoms with Crippen LogP contribution in [-0.4, -0.2) is 76.3 Å². The van der Waals surface area contributed by atoms with E-state index in [1.165, 1.54) is 25.7 Å². The second kappa shape index (κ2) is 25.4. The molecule has 0 aromatic heterocycles. The number of ether oxygens (including phenoxy) is 3. The van der Waals surface area contributed by atoms with Gasteiger partial charge in [0, 0.05) is 25.2 Å². The molecule has 1 aliphatic heterocycles. The summed E-state index contributed by atoms with van der Waals surface area (Å²) < 4.78 is 16.1. The SMILES string of the molecule is CCCCC[C@H](O)/C=C/[C@H]1OC(O)C[C@H](O)[C@@H]1C/C=C\CCCC(=O)O[C@@H](CO)COC(=O)CCCCCCCCC(C)C. The van der Waals surface area contributed by atoms with Crippen molar-refractivity contribution >= 4 is 11.9 Å². The second-order valence-corrected chi connectivity index (χ2v) is 12.6. The van der Waals surface area contributed by atoms with Crippen molar-refractivity contribution in [1.29, 1.82) is 0 Å². The topological polar surface area (TPSA) is 143 Å². The van der Waals surface area contributed by atoms with Gasteiger partial charge in [-0.05, 0) is 38.0 Å². The molecule has 1 saturated heterocycles. The fourth-order valence-electron chi connectivity index (χ4n) is 5.25. The van der Waals surface area contributed by atoms with Gasteiger partial charge in [0.2, 0.25) is 0 Å². The average Bonchev–Trinajstić information content (AvgIpc) is 2.98. The number of esters is 2. The maximum absolute atomic E-state index is 12.2. The normalized spacial score (nSPS) is 22.1. The van der Waals surface area contributed by atoms with Crippen LogP contribution in [0.5, 0.6) is 0 Å². The van der Waals surface area contributed by atoms with Gasteiger partial charge < -0.3 is 34.6 Å². The standard InChI is InChI=1S/C35H62O9/c1-4-5-12-18-28(37)22-23-32-30(31(38)24-35(41)44-32)19-14-10-11-16-21-34(40)43-29(25-36)26-42-33(39)20-15-9-7-6-8-13-17-27(2)3/h10,14,22-23,27-32,35-38,41H,4-9,11-13,15-21,24-26H2,1-3H3/b14-10-,23-22+/t28-,29-,30-,31-,32+,35?/m0/s1. The van der Waals surface area contributed by atoms with Crippen LogP contribution in [0.15, 0.2) is 24.3 Å². The Bertz CT molecular complexity index is 797.